The molecule has 3 rings (SSSR count). The maximum Gasteiger partial charge on any atom is 0.143 e. The normalized spacial score (nSPS) is 18.3. The van der Waals surface area contributed by atoms with Gasteiger partial charge in [0, 0.05) is 5.39 Å². The first-order chi connectivity index (χ1) is 8.38. The zero-order chi connectivity index (χ0) is 11.7. The van der Waals surface area contributed by atoms with Crippen LogP contribution in [0.25, 0.3) is 10.8 Å². The molecule has 0 saturated heterocycles. The summed E-state index contributed by atoms with van der Waals surface area (Å²) in [5, 5.41) is 5.98. The number of nitrogens with two attached hydrogens (primary N) is 1. The lowest BCUT2D eigenvalue weighted by molar-refractivity contribution is 0.280. The molecule has 1 atom stereocenters. The molecule has 1 aliphatic rings. The van der Waals surface area contributed by atoms with E-state index in [2.05, 4.69) is 35.6 Å². The van der Waals surface area contributed by atoms with Crippen molar-refractivity contribution in [3.63, 3.8) is 0 Å². The third kappa shape index (κ3) is 1.83. The summed E-state index contributed by atoms with van der Waals surface area (Å²) in [6.45, 7) is 1.38. The van der Waals surface area contributed by atoms with Crippen LogP contribution in [0.2, 0.25) is 0 Å². The predicted molar refractivity (Wildman–Crippen MR) is 70.5 cm³/mol. The highest BCUT2D eigenvalue weighted by molar-refractivity contribution is 5.97. The molecule has 0 aromatic heterocycles. The Morgan fingerprint density at radius 3 is 3.00 bits per heavy atom. The summed E-state index contributed by atoms with van der Waals surface area (Å²) in [5.74, 6) is 0.942. The van der Waals surface area contributed by atoms with Gasteiger partial charge in [-0.3, -0.25) is 0 Å². The molecule has 2 aromatic rings. The van der Waals surface area contributed by atoms with Crippen LogP contribution in [0.5, 0.6) is 5.75 Å². The maximum absolute atomic E-state index is 5.78. The number of fused-ring (bicyclic) bond motifs is 3. The van der Waals surface area contributed by atoms with E-state index in [-0.39, 0.29) is 0 Å². The number of benzene rings is 2. The van der Waals surface area contributed by atoms with Gasteiger partial charge in [-0.05, 0) is 24.4 Å². The Balaban J connectivity index is 2.06. The third-order valence-electron chi connectivity index (χ3n) is 3.19. The number of rotatable bonds is 2. The summed E-state index contributed by atoms with van der Waals surface area (Å²) in [6.07, 6.45) is 0.933. The average molecular weight is 228 g/mol. The van der Waals surface area contributed by atoms with Gasteiger partial charge >= 0.3 is 0 Å². The number of hydrogen-bond acceptors (Lipinski definition) is 3. The monoisotopic (exact) mass is 228 g/mol. The summed E-state index contributed by atoms with van der Waals surface area (Å²) in [6, 6.07) is 12.8. The molecule has 1 unspecified atom stereocenters. The Kier molecular flexibility index (Phi) is 2.61. The molecular weight excluding hydrogens is 212 g/mol. The molecule has 1 aliphatic heterocycles. The highest BCUT2D eigenvalue weighted by atomic mass is 16.5. The molecule has 0 aliphatic carbocycles. The van der Waals surface area contributed by atoms with E-state index in [9.17, 15) is 0 Å². The highest BCUT2D eigenvalue weighted by Gasteiger charge is 2.19. The van der Waals surface area contributed by atoms with Crippen molar-refractivity contribution in [1.29, 1.82) is 0 Å². The quantitative estimate of drug-likeness (QED) is 0.829. The lowest BCUT2D eigenvalue weighted by Crippen LogP contribution is -2.33. The molecule has 88 valence electrons. The minimum absolute atomic E-state index is 0.318. The molecule has 3 N–H and O–H groups in total. The van der Waals surface area contributed by atoms with Crippen LogP contribution >= 0.6 is 0 Å². The van der Waals surface area contributed by atoms with E-state index in [0.717, 1.165) is 17.9 Å². The van der Waals surface area contributed by atoms with Crippen molar-refractivity contribution in [1.82, 2.24) is 0 Å². The van der Waals surface area contributed by atoms with E-state index in [1.807, 2.05) is 6.07 Å². The molecule has 0 radical (unpaired) electrons. The molecule has 0 spiro atoms. The Morgan fingerprint density at radius 2 is 2.12 bits per heavy atom. The van der Waals surface area contributed by atoms with E-state index < -0.39 is 0 Å². The Morgan fingerprint density at radius 1 is 1.24 bits per heavy atom. The summed E-state index contributed by atoms with van der Waals surface area (Å²) < 4.78 is 5.78. The van der Waals surface area contributed by atoms with Crippen LogP contribution in [0.1, 0.15) is 6.42 Å². The number of anilines is 1. The predicted octanol–water partition coefficient (Wildman–Crippen LogP) is 2.36. The first kappa shape index (κ1) is 10.4. The Hall–Kier alpha value is -1.74. The first-order valence-corrected chi connectivity index (χ1v) is 5.99. The van der Waals surface area contributed by atoms with Gasteiger partial charge in [-0.25, -0.2) is 0 Å². The fourth-order valence-corrected chi connectivity index (χ4v) is 2.31. The topological polar surface area (TPSA) is 47.3 Å². The second-order valence-corrected chi connectivity index (χ2v) is 4.39. The second-order valence-electron chi connectivity index (χ2n) is 4.39. The molecule has 0 saturated carbocycles. The second kappa shape index (κ2) is 4.26. The molecule has 0 fully saturated rings. The van der Waals surface area contributed by atoms with Crippen LogP contribution in [0.3, 0.4) is 0 Å². The fraction of sp³-hybridized carbons (Fsp3) is 0.286. The number of ether oxygens (including phenoxy) is 1. The maximum atomic E-state index is 5.78. The van der Waals surface area contributed by atoms with Crippen molar-refractivity contribution < 1.29 is 4.74 Å². The van der Waals surface area contributed by atoms with Gasteiger partial charge in [-0.1, -0.05) is 30.3 Å². The van der Waals surface area contributed by atoms with Crippen molar-refractivity contribution in [3.8, 4) is 5.75 Å². The van der Waals surface area contributed by atoms with E-state index in [4.69, 9.17) is 10.5 Å². The molecule has 3 nitrogen and oxygen atoms in total. The van der Waals surface area contributed by atoms with Gasteiger partial charge in [0.2, 0.25) is 0 Å². The van der Waals surface area contributed by atoms with Crippen LogP contribution < -0.4 is 15.8 Å². The van der Waals surface area contributed by atoms with Gasteiger partial charge in [0.05, 0.1) is 11.7 Å². The van der Waals surface area contributed by atoms with Crippen molar-refractivity contribution in [2.45, 2.75) is 12.5 Å². The average Bonchev–Trinajstić information content (AvgIpc) is 2.39. The van der Waals surface area contributed by atoms with Gasteiger partial charge in [0.15, 0.2) is 0 Å². The van der Waals surface area contributed by atoms with E-state index in [0.29, 0.717) is 19.2 Å². The minimum Gasteiger partial charge on any atom is -0.489 e. The SMILES string of the molecule is NCCC1COc2ccc3ccccc3c2N1. The van der Waals surface area contributed by atoms with Gasteiger partial charge in [-0.15, -0.1) is 0 Å². The molecule has 2 aromatic carbocycles. The van der Waals surface area contributed by atoms with Crippen molar-refractivity contribution >= 4 is 16.5 Å². The van der Waals surface area contributed by atoms with Gasteiger partial charge in [-0.2, -0.15) is 0 Å². The molecule has 0 bridgehead atoms. The lowest BCUT2D eigenvalue weighted by Gasteiger charge is -2.28. The minimum atomic E-state index is 0.318. The van der Waals surface area contributed by atoms with Crippen LogP contribution in [-0.2, 0) is 0 Å². The first-order valence-electron chi connectivity index (χ1n) is 5.99. The zero-order valence-electron chi connectivity index (χ0n) is 9.65. The van der Waals surface area contributed by atoms with Crippen molar-refractivity contribution in [2.75, 3.05) is 18.5 Å². The molecular formula is C14H16N2O. The van der Waals surface area contributed by atoms with Crippen LogP contribution in [0.15, 0.2) is 36.4 Å². The molecule has 3 heteroatoms. The fourth-order valence-electron chi connectivity index (χ4n) is 2.31. The van der Waals surface area contributed by atoms with Crippen LogP contribution in [-0.4, -0.2) is 19.2 Å². The Bertz CT molecular complexity index is 539. The van der Waals surface area contributed by atoms with Crippen LogP contribution in [0.4, 0.5) is 5.69 Å². The Labute approximate surface area is 101 Å². The summed E-state index contributed by atoms with van der Waals surface area (Å²) >= 11 is 0. The number of nitrogens with one attached hydrogen (secondary N) is 1. The van der Waals surface area contributed by atoms with E-state index in [1.54, 1.807) is 0 Å². The summed E-state index contributed by atoms with van der Waals surface area (Å²) in [7, 11) is 0. The highest BCUT2D eigenvalue weighted by Crippen LogP contribution is 2.36. The summed E-state index contributed by atoms with van der Waals surface area (Å²) in [4.78, 5) is 0. The van der Waals surface area contributed by atoms with Gasteiger partial charge in [0.25, 0.3) is 0 Å². The van der Waals surface area contributed by atoms with Crippen molar-refractivity contribution in [2.24, 2.45) is 5.73 Å². The zero-order valence-corrected chi connectivity index (χ0v) is 9.65. The molecule has 17 heavy (non-hydrogen) atoms. The third-order valence-corrected chi connectivity index (χ3v) is 3.19. The van der Waals surface area contributed by atoms with Crippen molar-refractivity contribution in [3.05, 3.63) is 36.4 Å². The smallest absolute Gasteiger partial charge is 0.143 e. The molecule has 1 heterocycles. The van der Waals surface area contributed by atoms with E-state index >= 15 is 0 Å². The summed E-state index contributed by atoms with van der Waals surface area (Å²) in [5.41, 5.74) is 6.70. The van der Waals surface area contributed by atoms with Crippen LogP contribution in [0, 0.1) is 0 Å². The number of hydrogen-bond donors (Lipinski definition) is 2. The van der Waals surface area contributed by atoms with Gasteiger partial charge in [0.1, 0.15) is 12.4 Å². The largest absolute Gasteiger partial charge is 0.489 e. The van der Waals surface area contributed by atoms with E-state index in [1.165, 1.54) is 10.8 Å². The standard InChI is InChI=1S/C14H16N2O/c15-8-7-11-9-17-13-6-5-10-3-1-2-4-12(10)14(13)16-11/h1-6,11,16H,7-9,15H2. The van der Waals surface area contributed by atoms with Gasteiger partial charge < -0.3 is 15.8 Å². The lowest BCUT2D eigenvalue weighted by atomic mass is 10.1. The molecule has 0 amide bonds.